The Kier molecular flexibility index (Phi) is 8.53. The van der Waals surface area contributed by atoms with Crippen molar-refractivity contribution in [3.8, 4) is 5.75 Å². The van der Waals surface area contributed by atoms with Crippen LogP contribution in [0.3, 0.4) is 0 Å². The molecule has 0 bridgehead atoms. The molecule has 1 N–H and O–H groups in total. The summed E-state index contributed by atoms with van der Waals surface area (Å²) in [7, 11) is 1.94. The van der Waals surface area contributed by atoms with Gasteiger partial charge in [-0.15, -0.1) is 0 Å². The molecule has 1 saturated heterocycles. The van der Waals surface area contributed by atoms with Gasteiger partial charge in [-0.1, -0.05) is 35.3 Å². The van der Waals surface area contributed by atoms with Gasteiger partial charge in [0.1, 0.15) is 11.5 Å². The lowest BCUT2D eigenvalue weighted by Crippen LogP contribution is -2.46. The first kappa shape index (κ1) is 24.3. The minimum atomic E-state index is 0.274. The molecule has 5 nitrogen and oxygen atoms in total. The van der Waals surface area contributed by atoms with Crippen molar-refractivity contribution in [3.63, 3.8) is 0 Å². The lowest BCUT2D eigenvalue weighted by Gasteiger charge is -2.36. The summed E-state index contributed by atoms with van der Waals surface area (Å²) < 4.78 is 6.01. The van der Waals surface area contributed by atoms with E-state index in [1.807, 2.05) is 25.2 Å². The third-order valence-electron chi connectivity index (χ3n) is 6.65. The fourth-order valence-corrected chi connectivity index (χ4v) is 5.31. The molecule has 0 spiro atoms. The van der Waals surface area contributed by atoms with Crippen LogP contribution in [0.2, 0.25) is 10.0 Å². The number of nitrogens with one attached hydrogen (secondary N) is 1. The Morgan fingerprint density at radius 1 is 1.09 bits per heavy atom. The summed E-state index contributed by atoms with van der Waals surface area (Å²) >= 11 is 12.5. The van der Waals surface area contributed by atoms with Crippen molar-refractivity contribution in [2.45, 2.75) is 31.6 Å². The number of likely N-dealkylation sites (N-methyl/N-ethyl adjacent to an activating group) is 1. The van der Waals surface area contributed by atoms with E-state index in [-0.39, 0.29) is 5.92 Å². The number of anilines is 1. The Morgan fingerprint density at radius 2 is 1.91 bits per heavy atom. The van der Waals surface area contributed by atoms with Crippen molar-refractivity contribution in [3.05, 3.63) is 57.6 Å². The highest BCUT2D eigenvalue weighted by atomic mass is 35.5. The van der Waals surface area contributed by atoms with Crippen molar-refractivity contribution in [2.75, 3.05) is 57.8 Å². The van der Waals surface area contributed by atoms with Gasteiger partial charge in [-0.2, -0.15) is 0 Å². The summed E-state index contributed by atoms with van der Waals surface area (Å²) in [6, 6.07) is 12.1. The van der Waals surface area contributed by atoms with Gasteiger partial charge >= 0.3 is 0 Å². The van der Waals surface area contributed by atoms with Crippen LogP contribution in [0.1, 0.15) is 36.3 Å². The molecule has 0 amide bonds. The van der Waals surface area contributed by atoms with E-state index < -0.39 is 0 Å². The van der Waals surface area contributed by atoms with Gasteiger partial charge in [0, 0.05) is 51.5 Å². The van der Waals surface area contributed by atoms with Gasteiger partial charge in [0.25, 0.3) is 0 Å². The van der Waals surface area contributed by atoms with Gasteiger partial charge in [-0.25, -0.2) is 0 Å². The summed E-state index contributed by atoms with van der Waals surface area (Å²) in [5.41, 5.74) is 3.44. The SMILES string of the molecule is CNCC1CC(=O)Cc2cc(OCCCCN3CCN(c4cccc(Cl)c4Cl)CC3)ccc21. The zero-order chi connectivity index (χ0) is 23.2. The number of Topliss-reactive ketones (excluding diaryl/α,β-unsaturated/α-hetero) is 1. The maximum absolute atomic E-state index is 12.1. The van der Waals surface area contributed by atoms with E-state index in [1.54, 1.807) is 0 Å². The summed E-state index contributed by atoms with van der Waals surface area (Å²) in [6.45, 7) is 6.57. The van der Waals surface area contributed by atoms with Crippen LogP contribution >= 0.6 is 23.2 Å². The average molecular weight is 490 g/mol. The molecular formula is C26H33Cl2N3O2. The molecule has 1 atom stereocenters. The number of carbonyl (C=O) groups excluding carboxylic acids is 1. The number of carbonyl (C=O) groups is 1. The average Bonchev–Trinajstić information content (AvgIpc) is 2.81. The summed E-state index contributed by atoms with van der Waals surface area (Å²) in [5, 5.41) is 4.46. The molecule has 2 aromatic carbocycles. The van der Waals surface area contributed by atoms with Gasteiger partial charge in [0.05, 0.1) is 22.3 Å². The zero-order valence-electron chi connectivity index (χ0n) is 19.3. The second kappa shape index (κ2) is 11.6. The van der Waals surface area contributed by atoms with E-state index in [1.165, 1.54) is 5.56 Å². The molecule has 1 heterocycles. The molecule has 4 rings (SSSR count). The highest BCUT2D eigenvalue weighted by Gasteiger charge is 2.25. The van der Waals surface area contributed by atoms with Crippen molar-refractivity contribution >= 4 is 34.7 Å². The van der Waals surface area contributed by atoms with E-state index in [4.69, 9.17) is 27.9 Å². The third kappa shape index (κ3) is 6.21. The van der Waals surface area contributed by atoms with Gasteiger partial charge in [-0.05, 0) is 61.8 Å². The number of halogens is 2. The van der Waals surface area contributed by atoms with E-state index in [9.17, 15) is 4.79 Å². The Balaban J connectivity index is 1.18. The fourth-order valence-electron chi connectivity index (χ4n) is 4.90. The van der Waals surface area contributed by atoms with Crippen LogP contribution in [0, 0.1) is 0 Å². The van der Waals surface area contributed by atoms with Crippen molar-refractivity contribution in [2.24, 2.45) is 0 Å². The van der Waals surface area contributed by atoms with Crippen molar-refractivity contribution in [1.82, 2.24) is 10.2 Å². The van der Waals surface area contributed by atoms with Crippen molar-refractivity contribution in [1.29, 1.82) is 0 Å². The molecule has 2 aliphatic rings. The standard InChI is InChI=1S/C26H33Cl2N3O2/c1-29-18-20-16-21(32)15-19-17-22(7-8-23(19)20)33-14-3-2-9-30-10-12-31(13-11-30)25-6-4-5-24(27)26(25)28/h4-8,17,20,29H,2-3,9-16,18H2,1H3. The number of unbranched alkanes of at least 4 members (excludes halogenated alkanes) is 1. The lowest BCUT2D eigenvalue weighted by molar-refractivity contribution is -0.119. The Bertz CT molecular complexity index is 961. The van der Waals surface area contributed by atoms with Crippen molar-refractivity contribution < 1.29 is 9.53 Å². The maximum atomic E-state index is 12.1. The molecule has 178 valence electrons. The number of benzene rings is 2. The molecule has 33 heavy (non-hydrogen) atoms. The molecule has 0 radical (unpaired) electrons. The molecule has 7 heteroatoms. The lowest BCUT2D eigenvalue weighted by atomic mass is 9.82. The predicted molar refractivity (Wildman–Crippen MR) is 136 cm³/mol. The van der Waals surface area contributed by atoms with Gasteiger partial charge in [0.2, 0.25) is 0 Å². The number of hydrogen-bond acceptors (Lipinski definition) is 5. The summed E-state index contributed by atoms with van der Waals surface area (Å²) in [4.78, 5) is 16.9. The first-order chi connectivity index (χ1) is 16.0. The Hall–Kier alpha value is -1.79. The normalized spacial score (nSPS) is 18.9. The largest absolute Gasteiger partial charge is 0.494 e. The zero-order valence-corrected chi connectivity index (χ0v) is 20.8. The van der Waals surface area contributed by atoms with Gasteiger partial charge < -0.3 is 15.0 Å². The molecule has 1 aliphatic heterocycles. The number of ether oxygens (including phenoxy) is 1. The van der Waals surface area contributed by atoms with E-state index in [0.717, 1.165) is 69.1 Å². The van der Waals surface area contributed by atoms with Crippen LogP contribution in [0.25, 0.3) is 0 Å². The Labute approximate surface area is 207 Å². The number of ketones is 1. The van der Waals surface area contributed by atoms with Crippen LogP contribution < -0.4 is 15.0 Å². The number of rotatable bonds is 9. The van der Waals surface area contributed by atoms with Gasteiger partial charge in [0.15, 0.2) is 0 Å². The van der Waals surface area contributed by atoms with Crippen LogP contribution in [0.15, 0.2) is 36.4 Å². The smallest absolute Gasteiger partial charge is 0.137 e. The van der Waals surface area contributed by atoms with E-state index in [2.05, 4.69) is 33.3 Å². The van der Waals surface area contributed by atoms with E-state index >= 15 is 0 Å². The number of fused-ring (bicyclic) bond motifs is 1. The monoisotopic (exact) mass is 489 g/mol. The molecule has 0 saturated carbocycles. The summed E-state index contributed by atoms with van der Waals surface area (Å²) in [5.74, 6) is 1.46. The second-order valence-electron chi connectivity index (χ2n) is 8.99. The minimum Gasteiger partial charge on any atom is -0.494 e. The Morgan fingerprint density at radius 3 is 2.70 bits per heavy atom. The molecule has 1 unspecified atom stereocenters. The summed E-state index contributed by atoms with van der Waals surface area (Å²) in [6.07, 6.45) is 3.28. The molecule has 2 aromatic rings. The minimum absolute atomic E-state index is 0.274. The van der Waals surface area contributed by atoms with Crippen LogP contribution in [-0.2, 0) is 11.2 Å². The molecular weight excluding hydrogens is 457 g/mol. The number of hydrogen-bond donors (Lipinski definition) is 1. The second-order valence-corrected chi connectivity index (χ2v) is 9.78. The predicted octanol–water partition coefficient (Wildman–Crippen LogP) is 4.79. The third-order valence-corrected chi connectivity index (χ3v) is 7.46. The van der Waals surface area contributed by atoms with Gasteiger partial charge in [-0.3, -0.25) is 9.69 Å². The molecule has 0 aromatic heterocycles. The fraction of sp³-hybridized carbons (Fsp3) is 0.500. The van der Waals surface area contributed by atoms with Crippen LogP contribution in [-0.4, -0.2) is 63.6 Å². The number of piperazine rings is 1. The molecule has 1 fully saturated rings. The maximum Gasteiger partial charge on any atom is 0.137 e. The highest BCUT2D eigenvalue weighted by Crippen LogP contribution is 2.33. The quantitative estimate of drug-likeness (QED) is 0.512. The van der Waals surface area contributed by atoms with E-state index in [0.29, 0.717) is 35.3 Å². The first-order valence-electron chi connectivity index (χ1n) is 11.9. The highest BCUT2D eigenvalue weighted by molar-refractivity contribution is 6.43. The molecule has 1 aliphatic carbocycles. The van der Waals surface area contributed by atoms with Crippen LogP contribution in [0.4, 0.5) is 5.69 Å². The first-order valence-corrected chi connectivity index (χ1v) is 12.6. The number of nitrogens with zero attached hydrogens (tertiary/aromatic N) is 2. The van der Waals surface area contributed by atoms with Crippen LogP contribution in [0.5, 0.6) is 5.75 Å². The topological polar surface area (TPSA) is 44.8 Å².